The second-order valence-electron chi connectivity index (χ2n) is 6.80. The summed E-state index contributed by atoms with van der Waals surface area (Å²) >= 11 is 3.08. The Hall–Kier alpha value is -2.70. The van der Waals surface area contributed by atoms with E-state index in [1.165, 1.54) is 11.3 Å². The molecule has 4 rings (SSSR count). The molecule has 1 aliphatic heterocycles. The fourth-order valence-corrected chi connectivity index (χ4v) is 5.53. The van der Waals surface area contributed by atoms with Gasteiger partial charge in [0.1, 0.15) is 5.82 Å². The van der Waals surface area contributed by atoms with Crippen molar-refractivity contribution in [1.82, 2.24) is 15.2 Å². The predicted molar refractivity (Wildman–Crippen MR) is 113 cm³/mol. The van der Waals surface area contributed by atoms with Gasteiger partial charge in [-0.3, -0.25) is 14.7 Å². The van der Waals surface area contributed by atoms with Gasteiger partial charge in [-0.2, -0.15) is 5.26 Å². The molecule has 1 atom stereocenters. The third-order valence-corrected chi connectivity index (χ3v) is 7.20. The van der Waals surface area contributed by atoms with Gasteiger partial charge in [0, 0.05) is 35.8 Å². The zero-order valence-electron chi connectivity index (χ0n) is 16.0. The summed E-state index contributed by atoms with van der Waals surface area (Å²) in [7, 11) is 0. The Morgan fingerprint density at radius 1 is 1.41 bits per heavy atom. The van der Waals surface area contributed by atoms with Gasteiger partial charge >= 0.3 is 0 Å². The zero-order valence-corrected chi connectivity index (χ0v) is 17.6. The van der Waals surface area contributed by atoms with Crippen molar-refractivity contribution in [2.24, 2.45) is 5.73 Å². The summed E-state index contributed by atoms with van der Waals surface area (Å²) in [5.74, 6) is 0.835. The number of rotatable bonds is 5. The van der Waals surface area contributed by atoms with E-state index in [2.05, 4.69) is 28.2 Å². The van der Waals surface area contributed by atoms with Crippen molar-refractivity contribution in [2.45, 2.75) is 42.9 Å². The molecule has 2 aromatic rings. The monoisotopic (exact) mass is 424 g/mol. The van der Waals surface area contributed by atoms with Crippen molar-refractivity contribution < 1.29 is 4.79 Å². The van der Waals surface area contributed by atoms with Gasteiger partial charge < -0.3 is 5.73 Å². The molecule has 2 aliphatic rings. The number of ketones is 1. The summed E-state index contributed by atoms with van der Waals surface area (Å²) in [4.78, 5) is 18.9. The quantitative estimate of drug-likeness (QED) is 0.723. The van der Waals surface area contributed by atoms with Gasteiger partial charge in [0.2, 0.25) is 5.13 Å². The van der Waals surface area contributed by atoms with Gasteiger partial charge in [0.05, 0.1) is 17.6 Å². The van der Waals surface area contributed by atoms with Gasteiger partial charge in [-0.1, -0.05) is 36.1 Å². The lowest BCUT2D eigenvalue weighted by Gasteiger charge is -2.37. The summed E-state index contributed by atoms with van der Waals surface area (Å²) in [6.07, 6.45) is 6.33. The minimum absolute atomic E-state index is 0.0513. The number of hydrogen-bond donors (Lipinski definition) is 1. The average Bonchev–Trinajstić information content (AvgIpc) is 3.20. The molecule has 0 saturated carbocycles. The molecule has 1 unspecified atom stereocenters. The number of anilines is 1. The van der Waals surface area contributed by atoms with Crippen LogP contribution in [0.1, 0.15) is 44.1 Å². The maximum Gasteiger partial charge on any atom is 0.219 e. The molecule has 2 N–H and O–H groups in total. The lowest BCUT2D eigenvalue weighted by molar-refractivity contribution is -0.116. The highest BCUT2D eigenvalue weighted by Gasteiger charge is 2.41. The molecule has 3 heterocycles. The third-order valence-electron chi connectivity index (χ3n) is 4.95. The summed E-state index contributed by atoms with van der Waals surface area (Å²) in [5.41, 5.74) is 9.11. The van der Waals surface area contributed by atoms with Crippen LogP contribution < -0.4 is 10.6 Å². The highest BCUT2D eigenvalue weighted by molar-refractivity contribution is 8.01. The number of carbonyl (C=O) groups is 1. The maximum absolute atomic E-state index is 13.0. The first-order valence-corrected chi connectivity index (χ1v) is 11.3. The van der Waals surface area contributed by atoms with E-state index in [0.717, 1.165) is 34.2 Å². The number of thioether (sulfide) groups is 1. The van der Waals surface area contributed by atoms with E-state index < -0.39 is 5.92 Å². The van der Waals surface area contributed by atoms with Crippen LogP contribution in [0, 0.1) is 11.3 Å². The number of aromatic nitrogens is 3. The zero-order chi connectivity index (χ0) is 20.4. The van der Waals surface area contributed by atoms with Crippen LogP contribution in [0.15, 0.2) is 51.5 Å². The van der Waals surface area contributed by atoms with E-state index in [1.54, 1.807) is 29.1 Å². The Kier molecular flexibility index (Phi) is 5.65. The Morgan fingerprint density at radius 3 is 3.00 bits per heavy atom. The van der Waals surface area contributed by atoms with Crippen molar-refractivity contribution in [3.63, 3.8) is 0 Å². The van der Waals surface area contributed by atoms with Crippen LogP contribution >= 0.6 is 23.1 Å². The number of nitrogens with two attached hydrogens (primary N) is 1. The number of nitriles is 1. The summed E-state index contributed by atoms with van der Waals surface area (Å²) < 4.78 is 0.854. The Morgan fingerprint density at radius 2 is 2.28 bits per heavy atom. The van der Waals surface area contributed by atoms with E-state index in [9.17, 15) is 10.1 Å². The largest absolute Gasteiger partial charge is 0.384 e. The van der Waals surface area contributed by atoms with Crippen molar-refractivity contribution in [3.05, 3.63) is 52.8 Å². The molecular weight excluding hydrogens is 404 g/mol. The first kappa shape index (κ1) is 19.6. The van der Waals surface area contributed by atoms with Crippen LogP contribution in [-0.2, 0) is 4.79 Å². The minimum atomic E-state index is -0.491. The first-order valence-electron chi connectivity index (χ1n) is 9.48. The second-order valence-corrected chi connectivity index (χ2v) is 9.10. The topological polar surface area (TPSA) is 109 Å². The summed E-state index contributed by atoms with van der Waals surface area (Å²) in [5, 5.41) is 19.1. The van der Waals surface area contributed by atoms with Crippen LogP contribution in [0.5, 0.6) is 0 Å². The second kappa shape index (κ2) is 8.35. The van der Waals surface area contributed by atoms with Crippen molar-refractivity contribution in [1.29, 1.82) is 5.26 Å². The van der Waals surface area contributed by atoms with E-state index in [4.69, 9.17) is 5.73 Å². The van der Waals surface area contributed by atoms with Gasteiger partial charge in [0.15, 0.2) is 10.1 Å². The number of allylic oxidation sites excluding steroid dienone is 3. The summed E-state index contributed by atoms with van der Waals surface area (Å²) in [6, 6.07) is 5.94. The Labute approximate surface area is 177 Å². The number of hydrogen-bond acceptors (Lipinski definition) is 9. The molecule has 0 amide bonds. The van der Waals surface area contributed by atoms with E-state index in [0.29, 0.717) is 34.9 Å². The van der Waals surface area contributed by atoms with Crippen LogP contribution in [0.25, 0.3) is 0 Å². The normalized spacial score (nSPS) is 19.4. The Balaban J connectivity index is 1.86. The smallest absolute Gasteiger partial charge is 0.219 e. The number of Topliss-reactive ketones (excluding diaryl/α,β-unsaturated/α-hetero) is 1. The number of pyridine rings is 1. The molecule has 9 heteroatoms. The number of carbonyl (C=O) groups excluding carboxylic acids is 1. The lowest BCUT2D eigenvalue weighted by Crippen LogP contribution is -2.38. The molecule has 0 radical (unpaired) electrons. The van der Waals surface area contributed by atoms with Crippen molar-refractivity contribution in [2.75, 3.05) is 10.7 Å². The Bertz CT molecular complexity index is 1040. The first-order chi connectivity index (χ1) is 14.2. The molecule has 1 aliphatic carbocycles. The lowest BCUT2D eigenvalue weighted by atomic mass is 9.76. The average molecular weight is 425 g/mol. The highest BCUT2D eigenvalue weighted by Crippen LogP contribution is 2.46. The molecule has 7 nitrogen and oxygen atoms in total. The molecule has 0 fully saturated rings. The third kappa shape index (κ3) is 3.54. The van der Waals surface area contributed by atoms with Gasteiger partial charge in [-0.25, -0.2) is 0 Å². The van der Waals surface area contributed by atoms with Crippen molar-refractivity contribution >= 4 is 34.0 Å². The van der Waals surface area contributed by atoms with E-state index in [1.807, 2.05) is 12.1 Å². The van der Waals surface area contributed by atoms with Gasteiger partial charge in [-0.05, 0) is 30.9 Å². The molecule has 0 aromatic carbocycles. The SMILES string of the molecule is CCCSc1nnc(N2C(N)=C(C#N)C(c3cccnc3)C3=C2CCCC3=O)s1. The van der Waals surface area contributed by atoms with Crippen LogP contribution in [0.4, 0.5) is 5.13 Å². The molecule has 0 spiro atoms. The fraction of sp³-hybridized carbons (Fsp3) is 0.350. The van der Waals surface area contributed by atoms with Crippen LogP contribution in [-0.4, -0.2) is 26.7 Å². The van der Waals surface area contributed by atoms with E-state index in [-0.39, 0.29) is 5.78 Å². The van der Waals surface area contributed by atoms with Crippen LogP contribution in [0.3, 0.4) is 0 Å². The number of nitrogens with zero attached hydrogens (tertiary/aromatic N) is 5. The molecule has 2 aromatic heterocycles. The standard InChI is InChI=1S/C20H20N6OS2/c1-2-9-28-20-25-24-19(29-20)26-14-6-3-7-15(27)17(14)16(13(10-21)18(26)22)12-5-4-8-23-11-12/h4-5,8,11,16H,2-3,6-7,9,22H2,1H3. The highest BCUT2D eigenvalue weighted by atomic mass is 32.2. The van der Waals surface area contributed by atoms with Gasteiger partial charge in [0.25, 0.3) is 0 Å². The fourth-order valence-electron chi connectivity index (χ4n) is 3.73. The maximum atomic E-state index is 13.0. The minimum Gasteiger partial charge on any atom is -0.384 e. The van der Waals surface area contributed by atoms with Gasteiger partial charge in [-0.15, -0.1) is 10.2 Å². The van der Waals surface area contributed by atoms with Crippen molar-refractivity contribution in [3.8, 4) is 6.07 Å². The molecule has 0 bridgehead atoms. The predicted octanol–water partition coefficient (Wildman–Crippen LogP) is 3.74. The molecular formula is C20H20N6OS2. The molecule has 29 heavy (non-hydrogen) atoms. The molecule has 148 valence electrons. The summed E-state index contributed by atoms with van der Waals surface area (Å²) in [6.45, 7) is 2.11. The van der Waals surface area contributed by atoms with E-state index >= 15 is 0 Å². The van der Waals surface area contributed by atoms with Crippen LogP contribution in [0.2, 0.25) is 0 Å². The molecule has 0 saturated heterocycles.